The number of nitrogens with one attached hydrogen (secondary N) is 1. The van der Waals surface area contributed by atoms with Gasteiger partial charge < -0.3 is 14.8 Å². The van der Waals surface area contributed by atoms with E-state index in [9.17, 15) is 14.7 Å². The Hall–Kier alpha value is -2.37. The fraction of sp³-hybridized carbons (Fsp3) is 0.182. The predicted octanol–water partition coefficient (Wildman–Crippen LogP) is 0.805. The second-order valence-corrected chi connectivity index (χ2v) is 3.32. The highest BCUT2D eigenvalue weighted by molar-refractivity contribution is 5.98. The molecule has 0 aliphatic carbocycles. The van der Waals surface area contributed by atoms with Gasteiger partial charge in [-0.25, -0.2) is 4.79 Å². The normalized spacial score (nSPS) is 10.4. The minimum atomic E-state index is -0.850. The maximum Gasteiger partial charge on any atom is 0.347 e. The SMILES string of the molecule is CCOC(=O)c1c(O)c2cnccc2[nH]c1=O. The number of hydrogen-bond acceptors (Lipinski definition) is 5. The Kier molecular flexibility index (Phi) is 2.78. The fourth-order valence-corrected chi connectivity index (χ4v) is 1.51. The third kappa shape index (κ3) is 1.84. The number of fused-ring (bicyclic) bond motifs is 1. The van der Waals surface area contributed by atoms with Crippen LogP contribution in [0.5, 0.6) is 5.75 Å². The Balaban J connectivity index is 2.72. The molecule has 2 N–H and O–H groups in total. The Morgan fingerprint density at radius 3 is 3.06 bits per heavy atom. The summed E-state index contributed by atoms with van der Waals surface area (Å²) in [6.45, 7) is 1.74. The van der Waals surface area contributed by atoms with Crippen LogP contribution in [-0.2, 0) is 4.74 Å². The summed E-state index contributed by atoms with van der Waals surface area (Å²) in [7, 11) is 0. The van der Waals surface area contributed by atoms with Crippen LogP contribution < -0.4 is 5.56 Å². The van der Waals surface area contributed by atoms with Gasteiger partial charge in [-0.15, -0.1) is 0 Å². The van der Waals surface area contributed by atoms with Gasteiger partial charge in [-0.3, -0.25) is 9.78 Å². The molecule has 0 spiro atoms. The molecule has 6 nitrogen and oxygen atoms in total. The number of carbonyl (C=O) groups excluding carboxylic acids is 1. The molecule has 0 unspecified atom stereocenters. The van der Waals surface area contributed by atoms with Crippen molar-refractivity contribution in [3.63, 3.8) is 0 Å². The number of hydrogen-bond donors (Lipinski definition) is 2. The zero-order valence-corrected chi connectivity index (χ0v) is 9.06. The number of aromatic hydroxyl groups is 1. The van der Waals surface area contributed by atoms with Crippen LogP contribution in [0.4, 0.5) is 0 Å². The van der Waals surface area contributed by atoms with Crippen LogP contribution in [-0.4, -0.2) is 27.7 Å². The average molecular weight is 234 g/mol. The zero-order valence-electron chi connectivity index (χ0n) is 9.06. The molecule has 88 valence electrons. The van der Waals surface area contributed by atoms with Crippen LogP contribution in [0, 0.1) is 0 Å². The van der Waals surface area contributed by atoms with Crippen molar-refractivity contribution in [1.82, 2.24) is 9.97 Å². The summed E-state index contributed by atoms with van der Waals surface area (Å²) >= 11 is 0. The Morgan fingerprint density at radius 2 is 2.35 bits per heavy atom. The van der Waals surface area contributed by atoms with Crippen molar-refractivity contribution >= 4 is 16.9 Å². The van der Waals surface area contributed by atoms with Crippen LogP contribution in [0.2, 0.25) is 0 Å². The van der Waals surface area contributed by atoms with Crippen LogP contribution in [0.15, 0.2) is 23.3 Å². The molecule has 0 fully saturated rings. The lowest BCUT2D eigenvalue weighted by atomic mass is 10.1. The Morgan fingerprint density at radius 1 is 1.59 bits per heavy atom. The molecule has 2 heterocycles. The molecule has 6 heteroatoms. The first-order valence-electron chi connectivity index (χ1n) is 5.01. The molecular formula is C11H10N2O4. The molecule has 0 radical (unpaired) electrons. The van der Waals surface area contributed by atoms with E-state index >= 15 is 0 Å². The van der Waals surface area contributed by atoms with Gasteiger partial charge in [0.25, 0.3) is 5.56 Å². The Bertz CT molecular complexity index is 633. The minimum Gasteiger partial charge on any atom is -0.506 e. The second kappa shape index (κ2) is 4.25. The molecule has 0 saturated heterocycles. The van der Waals surface area contributed by atoms with E-state index in [1.54, 1.807) is 6.92 Å². The van der Waals surface area contributed by atoms with Gasteiger partial charge in [-0.1, -0.05) is 0 Å². The first-order valence-corrected chi connectivity index (χ1v) is 5.01. The summed E-state index contributed by atoms with van der Waals surface area (Å²) in [6, 6.07) is 1.53. The highest BCUT2D eigenvalue weighted by Gasteiger charge is 2.19. The Labute approximate surface area is 95.9 Å². The summed E-state index contributed by atoms with van der Waals surface area (Å²) in [5.74, 6) is -1.26. The highest BCUT2D eigenvalue weighted by Crippen LogP contribution is 2.23. The molecule has 0 saturated carbocycles. The van der Waals surface area contributed by atoms with E-state index in [4.69, 9.17) is 4.74 Å². The zero-order chi connectivity index (χ0) is 12.4. The van der Waals surface area contributed by atoms with Crippen molar-refractivity contribution in [3.05, 3.63) is 34.4 Å². The van der Waals surface area contributed by atoms with E-state index < -0.39 is 22.8 Å². The maximum absolute atomic E-state index is 11.6. The van der Waals surface area contributed by atoms with Gasteiger partial charge in [0.1, 0.15) is 5.75 Å². The number of pyridine rings is 2. The number of H-pyrrole nitrogens is 1. The average Bonchev–Trinajstić information content (AvgIpc) is 2.29. The van der Waals surface area contributed by atoms with Crippen LogP contribution >= 0.6 is 0 Å². The first-order chi connectivity index (χ1) is 8.15. The van der Waals surface area contributed by atoms with E-state index in [1.165, 1.54) is 18.5 Å². The number of rotatable bonds is 2. The molecule has 2 aromatic rings. The number of ether oxygens (including phenoxy) is 1. The lowest BCUT2D eigenvalue weighted by Crippen LogP contribution is -2.20. The van der Waals surface area contributed by atoms with Crippen LogP contribution in [0.25, 0.3) is 10.9 Å². The van der Waals surface area contributed by atoms with Crippen molar-refractivity contribution in [3.8, 4) is 5.75 Å². The van der Waals surface area contributed by atoms with Crippen molar-refractivity contribution < 1.29 is 14.6 Å². The van der Waals surface area contributed by atoms with Gasteiger partial charge >= 0.3 is 5.97 Å². The predicted molar refractivity (Wildman–Crippen MR) is 60.0 cm³/mol. The fourth-order valence-electron chi connectivity index (χ4n) is 1.51. The summed E-state index contributed by atoms with van der Waals surface area (Å²) in [4.78, 5) is 29.4. The van der Waals surface area contributed by atoms with Gasteiger partial charge in [-0.05, 0) is 13.0 Å². The standard InChI is InChI=1S/C11H10N2O4/c1-2-17-11(16)8-9(14)6-5-12-4-3-7(6)13-10(8)15/h3-5H,2H2,1H3,(H2,13,14,15). The molecule has 0 bridgehead atoms. The van der Waals surface area contributed by atoms with E-state index in [2.05, 4.69) is 9.97 Å². The van der Waals surface area contributed by atoms with Crippen LogP contribution in [0.3, 0.4) is 0 Å². The molecule has 0 aliphatic rings. The number of aromatic amines is 1. The monoisotopic (exact) mass is 234 g/mol. The van der Waals surface area contributed by atoms with Gasteiger partial charge in [0.2, 0.25) is 0 Å². The largest absolute Gasteiger partial charge is 0.506 e. The quantitative estimate of drug-likeness (QED) is 0.750. The van der Waals surface area contributed by atoms with Crippen LogP contribution in [0.1, 0.15) is 17.3 Å². The third-order valence-electron chi connectivity index (χ3n) is 2.27. The molecule has 0 aromatic carbocycles. The van der Waals surface area contributed by atoms with Crippen molar-refractivity contribution in [1.29, 1.82) is 0 Å². The number of carbonyl (C=O) groups is 1. The van der Waals surface area contributed by atoms with E-state index in [1.807, 2.05) is 0 Å². The molecule has 0 aliphatic heterocycles. The highest BCUT2D eigenvalue weighted by atomic mass is 16.5. The van der Waals surface area contributed by atoms with E-state index in [0.29, 0.717) is 10.9 Å². The second-order valence-electron chi connectivity index (χ2n) is 3.32. The van der Waals surface area contributed by atoms with Gasteiger partial charge in [0.05, 0.1) is 17.5 Å². The van der Waals surface area contributed by atoms with E-state index in [-0.39, 0.29) is 6.61 Å². The molecule has 0 amide bonds. The van der Waals surface area contributed by atoms with Crippen molar-refractivity contribution in [2.75, 3.05) is 6.61 Å². The minimum absolute atomic E-state index is 0.128. The lowest BCUT2D eigenvalue weighted by Gasteiger charge is -2.05. The summed E-state index contributed by atoms with van der Waals surface area (Å²) in [5.41, 5.74) is -0.664. The molecule has 2 aromatic heterocycles. The number of aromatic nitrogens is 2. The molecule has 0 atom stereocenters. The summed E-state index contributed by atoms with van der Waals surface area (Å²) < 4.78 is 4.70. The smallest absolute Gasteiger partial charge is 0.347 e. The van der Waals surface area contributed by atoms with Gasteiger partial charge in [0.15, 0.2) is 5.56 Å². The first kappa shape index (κ1) is 11.1. The van der Waals surface area contributed by atoms with E-state index in [0.717, 1.165) is 0 Å². The third-order valence-corrected chi connectivity index (χ3v) is 2.27. The summed E-state index contributed by atoms with van der Waals surface area (Å²) in [6.07, 6.45) is 2.84. The number of esters is 1. The summed E-state index contributed by atoms with van der Waals surface area (Å²) in [5, 5.41) is 10.2. The lowest BCUT2D eigenvalue weighted by molar-refractivity contribution is 0.0521. The molecule has 17 heavy (non-hydrogen) atoms. The van der Waals surface area contributed by atoms with Gasteiger partial charge in [0, 0.05) is 12.4 Å². The van der Waals surface area contributed by atoms with Gasteiger partial charge in [-0.2, -0.15) is 0 Å². The molecule has 2 rings (SSSR count). The molecular weight excluding hydrogens is 224 g/mol. The maximum atomic E-state index is 11.6. The van der Waals surface area contributed by atoms with Crippen molar-refractivity contribution in [2.45, 2.75) is 6.92 Å². The number of nitrogens with zero attached hydrogens (tertiary/aromatic N) is 1. The topological polar surface area (TPSA) is 92.3 Å². The van der Waals surface area contributed by atoms with Crippen molar-refractivity contribution in [2.24, 2.45) is 0 Å².